The van der Waals surface area contributed by atoms with E-state index in [1.165, 1.54) is 5.39 Å². The van der Waals surface area contributed by atoms with Gasteiger partial charge in [-0.1, -0.05) is 42.5 Å². The van der Waals surface area contributed by atoms with Crippen molar-refractivity contribution in [3.05, 3.63) is 66.2 Å². The third-order valence-electron chi connectivity index (χ3n) is 3.98. The molecule has 118 valence electrons. The van der Waals surface area contributed by atoms with Crippen molar-refractivity contribution in [2.75, 3.05) is 7.05 Å². The van der Waals surface area contributed by atoms with Crippen LogP contribution in [-0.4, -0.2) is 33.9 Å². The maximum Gasteiger partial charge on any atom is 0.239 e. The van der Waals surface area contributed by atoms with Gasteiger partial charge in [0.15, 0.2) is 0 Å². The van der Waals surface area contributed by atoms with Crippen LogP contribution in [-0.2, 0) is 17.8 Å². The Morgan fingerprint density at radius 2 is 2.04 bits per heavy atom. The van der Waals surface area contributed by atoms with E-state index in [4.69, 9.17) is 5.73 Å². The molecule has 1 atom stereocenters. The SMILES string of the molecule is CN(Cc1cccc2ccccc12)C(=O)[C@H](N)Cc1cnc[nH]1. The zero-order valence-electron chi connectivity index (χ0n) is 13.1. The van der Waals surface area contributed by atoms with E-state index in [-0.39, 0.29) is 5.91 Å². The maximum absolute atomic E-state index is 12.5. The first kappa shape index (κ1) is 15.2. The van der Waals surface area contributed by atoms with Gasteiger partial charge in [0.2, 0.25) is 5.91 Å². The molecule has 0 saturated heterocycles. The predicted molar refractivity (Wildman–Crippen MR) is 90.7 cm³/mol. The van der Waals surface area contributed by atoms with E-state index in [9.17, 15) is 4.79 Å². The number of aromatic nitrogens is 2. The van der Waals surface area contributed by atoms with Gasteiger partial charge in [0, 0.05) is 31.9 Å². The first-order valence-corrected chi connectivity index (χ1v) is 7.59. The van der Waals surface area contributed by atoms with Crippen molar-refractivity contribution in [2.24, 2.45) is 5.73 Å². The minimum Gasteiger partial charge on any atom is -0.348 e. The molecule has 1 heterocycles. The van der Waals surface area contributed by atoms with Crippen LogP contribution in [0.4, 0.5) is 0 Å². The molecular weight excluding hydrogens is 288 g/mol. The molecule has 0 bridgehead atoms. The Morgan fingerprint density at radius 1 is 1.26 bits per heavy atom. The summed E-state index contributed by atoms with van der Waals surface area (Å²) in [6.07, 6.45) is 3.74. The van der Waals surface area contributed by atoms with Crippen LogP contribution in [0.2, 0.25) is 0 Å². The van der Waals surface area contributed by atoms with Gasteiger partial charge in [-0.3, -0.25) is 4.79 Å². The molecule has 23 heavy (non-hydrogen) atoms. The van der Waals surface area contributed by atoms with Crippen LogP contribution < -0.4 is 5.73 Å². The Labute approximate surface area is 135 Å². The van der Waals surface area contributed by atoms with Crippen LogP contribution in [0.3, 0.4) is 0 Å². The summed E-state index contributed by atoms with van der Waals surface area (Å²) >= 11 is 0. The van der Waals surface area contributed by atoms with E-state index in [0.717, 1.165) is 16.6 Å². The molecule has 0 aliphatic heterocycles. The highest BCUT2D eigenvalue weighted by Crippen LogP contribution is 2.19. The van der Waals surface area contributed by atoms with Crippen LogP contribution in [0.25, 0.3) is 10.8 Å². The highest BCUT2D eigenvalue weighted by Gasteiger charge is 2.19. The summed E-state index contributed by atoms with van der Waals surface area (Å²) in [6, 6.07) is 13.7. The van der Waals surface area contributed by atoms with Gasteiger partial charge >= 0.3 is 0 Å². The molecule has 1 amide bonds. The Bertz CT molecular complexity index is 792. The van der Waals surface area contributed by atoms with E-state index in [1.807, 2.05) is 24.3 Å². The fourth-order valence-corrected chi connectivity index (χ4v) is 2.77. The number of nitrogens with zero attached hydrogens (tertiary/aromatic N) is 2. The van der Waals surface area contributed by atoms with Crippen LogP contribution in [0.5, 0.6) is 0 Å². The minimum atomic E-state index is -0.574. The molecule has 2 aromatic carbocycles. The largest absolute Gasteiger partial charge is 0.348 e. The monoisotopic (exact) mass is 308 g/mol. The summed E-state index contributed by atoms with van der Waals surface area (Å²) in [4.78, 5) is 21.1. The van der Waals surface area contributed by atoms with Gasteiger partial charge in [-0.15, -0.1) is 0 Å². The summed E-state index contributed by atoms with van der Waals surface area (Å²) < 4.78 is 0. The molecule has 5 nitrogen and oxygen atoms in total. The number of nitrogens with two attached hydrogens (primary N) is 1. The van der Waals surface area contributed by atoms with Crippen molar-refractivity contribution < 1.29 is 4.79 Å². The standard InChI is InChI=1S/C18H20N4O/c1-22(18(23)17(19)9-15-10-20-12-21-15)11-14-7-4-6-13-5-2-3-8-16(13)14/h2-8,10,12,17H,9,11,19H2,1H3,(H,20,21)/t17-/m1/s1. The Kier molecular flexibility index (Phi) is 4.39. The average Bonchev–Trinajstić information content (AvgIpc) is 3.07. The topological polar surface area (TPSA) is 75.0 Å². The van der Waals surface area contributed by atoms with Crippen molar-refractivity contribution in [1.82, 2.24) is 14.9 Å². The molecule has 0 fully saturated rings. The number of H-pyrrole nitrogens is 1. The summed E-state index contributed by atoms with van der Waals surface area (Å²) in [5, 5.41) is 2.34. The molecule has 0 spiro atoms. The van der Waals surface area contributed by atoms with Gasteiger partial charge in [0.25, 0.3) is 0 Å². The fourth-order valence-electron chi connectivity index (χ4n) is 2.77. The number of imidazole rings is 1. The third-order valence-corrected chi connectivity index (χ3v) is 3.98. The second-order valence-corrected chi connectivity index (χ2v) is 5.72. The highest BCUT2D eigenvalue weighted by molar-refractivity contribution is 5.86. The lowest BCUT2D eigenvalue weighted by Crippen LogP contribution is -2.42. The highest BCUT2D eigenvalue weighted by atomic mass is 16.2. The molecule has 3 aromatic rings. The Morgan fingerprint density at radius 3 is 2.83 bits per heavy atom. The maximum atomic E-state index is 12.5. The van der Waals surface area contributed by atoms with E-state index in [0.29, 0.717) is 13.0 Å². The number of amides is 1. The smallest absolute Gasteiger partial charge is 0.239 e. The minimum absolute atomic E-state index is 0.0764. The van der Waals surface area contributed by atoms with Crippen molar-refractivity contribution in [1.29, 1.82) is 0 Å². The van der Waals surface area contributed by atoms with Gasteiger partial charge in [0.1, 0.15) is 0 Å². The number of fused-ring (bicyclic) bond motifs is 1. The summed E-state index contributed by atoms with van der Waals surface area (Å²) in [5.41, 5.74) is 8.02. The van der Waals surface area contributed by atoms with Crippen LogP contribution >= 0.6 is 0 Å². The van der Waals surface area contributed by atoms with Crippen molar-refractivity contribution >= 4 is 16.7 Å². The molecule has 0 saturated carbocycles. The number of carbonyl (C=O) groups excluding carboxylic acids is 1. The number of carbonyl (C=O) groups is 1. The average molecular weight is 308 g/mol. The fraction of sp³-hybridized carbons (Fsp3) is 0.222. The first-order valence-electron chi connectivity index (χ1n) is 7.59. The predicted octanol–water partition coefficient (Wildman–Crippen LogP) is 2.09. The first-order chi connectivity index (χ1) is 11.1. The molecule has 0 radical (unpaired) electrons. The van der Waals surface area contributed by atoms with Crippen LogP contribution in [0.15, 0.2) is 55.0 Å². The molecule has 3 N–H and O–H groups in total. The van der Waals surface area contributed by atoms with Gasteiger partial charge in [-0.25, -0.2) is 4.98 Å². The van der Waals surface area contributed by atoms with Gasteiger partial charge in [-0.05, 0) is 16.3 Å². The molecule has 5 heteroatoms. The lowest BCUT2D eigenvalue weighted by molar-refractivity contribution is -0.131. The lowest BCUT2D eigenvalue weighted by atomic mass is 10.0. The second kappa shape index (κ2) is 6.62. The molecule has 0 unspecified atom stereocenters. The molecule has 0 aliphatic carbocycles. The number of nitrogens with one attached hydrogen (secondary N) is 1. The molecule has 3 rings (SSSR count). The van der Waals surface area contributed by atoms with Gasteiger partial charge in [-0.2, -0.15) is 0 Å². The number of benzene rings is 2. The zero-order valence-corrected chi connectivity index (χ0v) is 13.1. The number of aromatic amines is 1. The molecule has 0 aliphatic rings. The lowest BCUT2D eigenvalue weighted by Gasteiger charge is -2.22. The van der Waals surface area contributed by atoms with E-state index < -0.39 is 6.04 Å². The quantitative estimate of drug-likeness (QED) is 0.758. The van der Waals surface area contributed by atoms with Crippen LogP contribution in [0, 0.1) is 0 Å². The number of likely N-dealkylation sites (N-methyl/N-ethyl adjacent to an activating group) is 1. The third kappa shape index (κ3) is 3.40. The summed E-state index contributed by atoms with van der Waals surface area (Å²) in [6.45, 7) is 0.539. The van der Waals surface area contributed by atoms with E-state index in [1.54, 1.807) is 24.5 Å². The number of hydrogen-bond acceptors (Lipinski definition) is 3. The number of rotatable bonds is 5. The summed E-state index contributed by atoms with van der Waals surface area (Å²) in [7, 11) is 1.79. The van der Waals surface area contributed by atoms with E-state index >= 15 is 0 Å². The molecule has 1 aromatic heterocycles. The summed E-state index contributed by atoms with van der Waals surface area (Å²) in [5.74, 6) is -0.0764. The van der Waals surface area contributed by atoms with Crippen molar-refractivity contribution in [3.8, 4) is 0 Å². The Hall–Kier alpha value is -2.66. The van der Waals surface area contributed by atoms with Gasteiger partial charge < -0.3 is 15.6 Å². The normalized spacial score (nSPS) is 12.3. The van der Waals surface area contributed by atoms with Crippen molar-refractivity contribution in [2.45, 2.75) is 19.0 Å². The van der Waals surface area contributed by atoms with Gasteiger partial charge in [0.05, 0.1) is 12.4 Å². The van der Waals surface area contributed by atoms with E-state index in [2.05, 4.69) is 28.2 Å². The molecular formula is C18H20N4O. The van der Waals surface area contributed by atoms with Crippen molar-refractivity contribution in [3.63, 3.8) is 0 Å². The van der Waals surface area contributed by atoms with Crippen LogP contribution in [0.1, 0.15) is 11.3 Å². The number of hydrogen-bond donors (Lipinski definition) is 2. The Balaban J connectivity index is 1.72. The second-order valence-electron chi connectivity index (χ2n) is 5.72. The zero-order chi connectivity index (χ0) is 16.2.